The quantitative estimate of drug-likeness (QED) is 0.541. The summed E-state index contributed by atoms with van der Waals surface area (Å²) in [6.07, 6.45) is 3.39. The van der Waals surface area contributed by atoms with Crippen LogP contribution in [0.1, 0.15) is 5.69 Å². The van der Waals surface area contributed by atoms with Gasteiger partial charge in [-0.05, 0) is 25.1 Å². The number of hydrogen-bond acceptors (Lipinski definition) is 4. The van der Waals surface area contributed by atoms with Gasteiger partial charge in [-0.2, -0.15) is 0 Å². The lowest BCUT2D eigenvalue weighted by molar-refractivity contribution is -0.384. The Morgan fingerprint density at radius 1 is 1.18 bits per heavy atom. The third-order valence-electron chi connectivity index (χ3n) is 3.11. The number of benzene rings is 2. The van der Waals surface area contributed by atoms with E-state index in [1.54, 1.807) is 23.2 Å². The first kappa shape index (κ1) is 13.8. The van der Waals surface area contributed by atoms with Crippen molar-refractivity contribution in [3.63, 3.8) is 0 Å². The Bertz CT molecular complexity index is 813. The maximum Gasteiger partial charge on any atom is 0.271 e. The number of nitrogens with zero attached hydrogens (tertiary/aromatic N) is 3. The Morgan fingerprint density at radius 2 is 1.95 bits per heavy atom. The van der Waals surface area contributed by atoms with Crippen LogP contribution in [0.2, 0.25) is 0 Å². The van der Waals surface area contributed by atoms with Gasteiger partial charge in [0, 0.05) is 18.3 Å². The number of ether oxygens (including phenoxy) is 1. The molecule has 110 valence electrons. The smallest absolute Gasteiger partial charge is 0.271 e. The van der Waals surface area contributed by atoms with Gasteiger partial charge in [0.05, 0.1) is 22.6 Å². The van der Waals surface area contributed by atoms with Gasteiger partial charge < -0.3 is 9.30 Å². The van der Waals surface area contributed by atoms with E-state index < -0.39 is 4.92 Å². The fraction of sp³-hybridized carbons (Fsp3) is 0.0625. The maximum atomic E-state index is 11.0. The summed E-state index contributed by atoms with van der Waals surface area (Å²) in [7, 11) is 0. The van der Waals surface area contributed by atoms with Crippen molar-refractivity contribution in [1.82, 2.24) is 9.55 Å². The molecule has 0 aliphatic carbocycles. The van der Waals surface area contributed by atoms with E-state index in [1.165, 1.54) is 12.1 Å². The summed E-state index contributed by atoms with van der Waals surface area (Å²) in [5.41, 5.74) is 1.39. The molecule has 0 N–H and O–H groups in total. The molecular formula is C16H13N3O3. The van der Waals surface area contributed by atoms with E-state index in [-0.39, 0.29) is 5.69 Å². The van der Waals surface area contributed by atoms with Gasteiger partial charge in [-0.25, -0.2) is 4.98 Å². The highest BCUT2D eigenvalue weighted by atomic mass is 16.6. The molecule has 1 aromatic heterocycles. The molecule has 0 spiro atoms. The molecule has 0 unspecified atom stereocenters. The second-order valence-electron chi connectivity index (χ2n) is 4.75. The van der Waals surface area contributed by atoms with Crippen LogP contribution < -0.4 is 4.74 Å². The van der Waals surface area contributed by atoms with Gasteiger partial charge in [-0.15, -0.1) is 0 Å². The second-order valence-corrected chi connectivity index (χ2v) is 4.75. The van der Waals surface area contributed by atoms with E-state index in [2.05, 4.69) is 4.98 Å². The lowest BCUT2D eigenvalue weighted by Crippen LogP contribution is -1.97. The van der Waals surface area contributed by atoms with Crippen LogP contribution in [0.15, 0.2) is 61.1 Å². The number of non-ortho nitro benzene ring substituents is 1. The molecule has 6 nitrogen and oxygen atoms in total. The van der Waals surface area contributed by atoms with E-state index in [9.17, 15) is 10.1 Å². The monoisotopic (exact) mass is 295 g/mol. The second kappa shape index (κ2) is 5.69. The van der Waals surface area contributed by atoms with Crippen LogP contribution in [0.4, 0.5) is 5.69 Å². The summed E-state index contributed by atoms with van der Waals surface area (Å²) in [4.78, 5) is 14.7. The van der Waals surface area contributed by atoms with E-state index in [0.717, 1.165) is 5.69 Å². The standard InChI is InChI=1S/C16H13N3O3/c1-12-10-18(11-17-12)15-9-13(19(20)21)7-8-16(15)22-14-5-3-2-4-6-14/h2-11H,1H3. The van der Waals surface area contributed by atoms with Crippen molar-refractivity contribution in [3.8, 4) is 17.2 Å². The average Bonchev–Trinajstić information content (AvgIpc) is 2.95. The lowest BCUT2D eigenvalue weighted by atomic mass is 10.2. The van der Waals surface area contributed by atoms with Crippen molar-refractivity contribution in [1.29, 1.82) is 0 Å². The minimum atomic E-state index is -0.431. The Kier molecular flexibility index (Phi) is 3.57. The number of para-hydroxylation sites is 1. The van der Waals surface area contributed by atoms with Gasteiger partial charge >= 0.3 is 0 Å². The third kappa shape index (κ3) is 2.80. The molecule has 6 heteroatoms. The van der Waals surface area contributed by atoms with Gasteiger partial charge in [-0.3, -0.25) is 10.1 Å². The molecule has 0 radical (unpaired) electrons. The number of imidazole rings is 1. The molecule has 1 heterocycles. The Balaban J connectivity index is 2.07. The summed E-state index contributed by atoms with van der Waals surface area (Å²) < 4.78 is 7.55. The molecule has 0 saturated carbocycles. The van der Waals surface area contributed by atoms with Crippen molar-refractivity contribution in [2.45, 2.75) is 6.92 Å². The Morgan fingerprint density at radius 3 is 2.59 bits per heavy atom. The Labute approximate surface area is 126 Å². The first-order valence-electron chi connectivity index (χ1n) is 6.66. The fourth-order valence-corrected chi connectivity index (χ4v) is 2.08. The molecule has 0 saturated heterocycles. The SMILES string of the molecule is Cc1cn(-c2cc([N+](=O)[O-])ccc2Oc2ccccc2)cn1. The number of rotatable bonds is 4. The van der Waals surface area contributed by atoms with Gasteiger partial charge in [0.25, 0.3) is 5.69 Å². The summed E-state index contributed by atoms with van der Waals surface area (Å²) in [6, 6.07) is 13.8. The average molecular weight is 295 g/mol. The third-order valence-corrected chi connectivity index (χ3v) is 3.11. The topological polar surface area (TPSA) is 70.2 Å². The molecule has 3 rings (SSSR count). The van der Waals surface area contributed by atoms with Gasteiger partial charge in [0.15, 0.2) is 5.75 Å². The number of aromatic nitrogens is 2. The van der Waals surface area contributed by atoms with Crippen molar-refractivity contribution < 1.29 is 9.66 Å². The summed E-state index contributed by atoms with van der Waals surface area (Å²) in [5.74, 6) is 1.18. The predicted molar refractivity (Wildman–Crippen MR) is 81.5 cm³/mol. The molecule has 2 aromatic carbocycles. The van der Waals surface area contributed by atoms with Crippen molar-refractivity contribution >= 4 is 5.69 Å². The van der Waals surface area contributed by atoms with Crippen LogP contribution >= 0.6 is 0 Å². The number of hydrogen-bond donors (Lipinski definition) is 0. The highest BCUT2D eigenvalue weighted by Crippen LogP contribution is 2.31. The zero-order valence-corrected chi connectivity index (χ0v) is 11.8. The van der Waals surface area contributed by atoms with Crippen molar-refractivity contribution in [2.24, 2.45) is 0 Å². The zero-order valence-electron chi connectivity index (χ0n) is 11.8. The molecule has 0 aliphatic heterocycles. The number of nitro benzene ring substituents is 1. The van der Waals surface area contributed by atoms with Crippen molar-refractivity contribution in [3.05, 3.63) is 76.9 Å². The molecule has 0 amide bonds. The molecule has 0 atom stereocenters. The van der Waals surface area contributed by atoms with Crippen LogP contribution in [0.5, 0.6) is 11.5 Å². The molecule has 0 bridgehead atoms. The minimum Gasteiger partial charge on any atom is -0.455 e. The number of aryl methyl sites for hydroxylation is 1. The largest absolute Gasteiger partial charge is 0.455 e. The predicted octanol–water partition coefficient (Wildman–Crippen LogP) is 3.88. The molecule has 3 aromatic rings. The molecule has 0 fully saturated rings. The van der Waals surface area contributed by atoms with E-state index in [0.29, 0.717) is 17.2 Å². The van der Waals surface area contributed by atoms with E-state index in [1.807, 2.05) is 37.3 Å². The summed E-state index contributed by atoms with van der Waals surface area (Å²) in [5, 5.41) is 11.0. The maximum absolute atomic E-state index is 11.0. The zero-order chi connectivity index (χ0) is 15.5. The summed E-state index contributed by atoms with van der Waals surface area (Å²) >= 11 is 0. The van der Waals surface area contributed by atoms with Gasteiger partial charge in [-0.1, -0.05) is 18.2 Å². The Hall–Kier alpha value is -3.15. The van der Waals surface area contributed by atoms with Gasteiger partial charge in [0.1, 0.15) is 5.75 Å². The summed E-state index contributed by atoms with van der Waals surface area (Å²) in [6.45, 7) is 1.85. The first-order valence-corrected chi connectivity index (χ1v) is 6.66. The van der Waals surface area contributed by atoms with Crippen molar-refractivity contribution in [2.75, 3.05) is 0 Å². The first-order chi connectivity index (χ1) is 10.6. The highest BCUT2D eigenvalue weighted by Gasteiger charge is 2.14. The fourth-order valence-electron chi connectivity index (χ4n) is 2.08. The number of nitro groups is 1. The molecule has 0 aliphatic rings. The van der Waals surface area contributed by atoms with Gasteiger partial charge in [0.2, 0.25) is 0 Å². The molecular weight excluding hydrogens is 282 g/mol. The van der Waals surface area contributed by atoms with Crippen LogP contribution in [0.3, 0.4) is 0 Å². The van der Waals surface area contributed by atoms with E-state index in [4.69, 9.17) is 4.74 Å². The van der Waals surface area contributed by atoms with Crippen LogP contribution in [0, 0.1) is 17.0 Å². The highest BCUT2D eigenvalue weighted by molar-refractivity contribution is 5.55. The molecule has 22 heavy (non-hydrogen) atoms. The van der Waals surface area contributed by atoms with E-state index >= 15 is 0 Å². The lowest BCUT2D eigenvalue weighted by Gasteiger charge is -2.11. The van der Waals surface area contributed by atoms with Crippen LogP contribution in [-0.2, 0) is 0 Å². The van der Waals surface area contributed by atoms with Crippen LogP contribution in [-0.4, -0.2) is 14.5 Å². The normalized spacial score (nSPS) is 10.4. The minimum absolute atomic E-state index is 0.00163. The van der Waals surface area contributed by atoms with Crippen LogP contribution in [0.25, 0.3) is 5.69 Å².